The molecule has 96 valence electrons. The average molecular weight is 237 g/mol. The Kier molecular flexibility index (Phi) is 7.43. The molecule has 0 bridgehead atoms. The Hall–Kier alpha value is -1.06. The zero-order valence-corrected chi connectivity index (χ0v) is 10.8. The Morgan fingerprint density at radius 1 is 1.12 bits per heavy atom. The lowest BCUT2D eigenvalue weighted by Crippen LogP contribution is -2.21. The number of para-hydroxylation sites is 1. The summed E-state index contributed by atoms with van der Waals surface area (Å²) in [4.78, 5) is 0. The fraction of sp³-hybridized carbons (Fsp3) is 0.571. The van der Waals surface area contributed by atoms with Gasteiger partial charge in [-0.05, 0) is 38.9 Å². The highest BCUT2D eigenvalue weighted by Gasteiger charge is 1.97. The van der Waals surface area contributed by atoms with Gasteiger partial charge in [0.15, 0.2) is 0 Å². The molecule has 1 atom stereocenters. The average Bonchev–Trinajstić information content (AvgIpc) is 2.38. The predicted octanol–water partition coefficient (Wildman–Crippen LogP) is 2.47. The molecule has 3 heteroatoms. The van der Waals surface area contributed by atoms with E-state index in [-0.39, 0.29) is 0 Å². The lowest BCUT2D eigenvalue weighted by molar-refractivity contribution is 0.0963. The van der Waals surface area contributed by atoms with Crippen molar-refractivity contribution in [3.05, 3.63) is 30.3 Å². The van der Waals surface area contributed by atoms with E-state index in [0.29, 0.717) is 19.3 Å². The summed E-state index contributed by atoms with van der Waals surface area (Å²) in [7, 11) is 1.99. The number of nitrogens with one attached hydrogen (secondary N) is 1. The molecule has 0 aromatic heterocycles. The monoisotopic (exact) mass is 237 g/mol. The van der Waals surface area contributed by atoms with E-state index in [4.69, 9.17) is 9.47 Å². The molecule has 17 heavy (non-hydrogen) atoms. The van der Waals surface area contributed by atoms with E-state index in [0.717, 1.165) is 25.2 Å². The maximum Gasteiger partial charge on any atom is 0.119 e. The van der Waals surface area contributed by atoms with Crippen LogP contribution >= 0.6 is 0 Å². The third-order valence-electron chi connectivity index (χ3n) is 2.66. The van der Waals surface area contributed by atoms with Crippen LogP contribution in [0.5, 0.6) is 5.75 Å². The maximum absolute atomic E-state index is 5.52. The molecule has 1 rings (SSSR count). The molecule has 0 aliphatic heterocycles. The van der Waals surface area contributed by atoms with E-state index < -0.39 is 0 Å². The fourth-order valence-electron chi connectivity index (χ4n) is 1.47. The Bertz CT molecular complexity index is 277. The van der Waals surface area contributed by atoms with Crippen LogP contribution in [0.1, 0.15) is 19.8 Å². The van der Waals surface area contributed by atoms with Crippen LogP contribution in [0.3, 0.4) is 0 Å². The SMILES string of the molecule is CNC(C)CCCOCCOc1ccccc1. The predicted molar refractivity (Wildman–Crippen MR) is 70.5 cm³/mol. The normalized spacial score (nSPS) is 12.4. The Balaban J connectivity index is 1.91. The lowest BCUT2D eigenvalue weighted by Gasteiger charge is -2.10. The summed E-state index contributed by atoms with van der Waals surface area (Å²) in [5.41, 5.74) is 0. The molecule has 0 spiro atoms. The van der Waals surface area contributed by atoms with Gasteiger partial charge in [0, 0.05) is 12.6 Å². The van der Waals surface area contributed by atoms with Gasteiger partial charge < -0.3 is 14.8 Å². The van der Waals surface area contributed by atoms with Crippen molar-refractivity contribution in [2.24, 2.45) is 0 Å². The van der Waals surface area contributed by atoms with Gasteiger partial charge in [0.2, 0.25) is 0 Å². The van der Waals surface area contributed by atoms with E-state index in [2.05, 4.69) is 12.2 Å². The molecule has 0 aliphatic carbocycles. The highest BCUT2D eigenvalue weighted by molar-refractivity contribution is 5.20. The zero-order chi connectivity index (χ0) is 12.3. The summed E-state index contributed by atoms with van der Waals surface area (Å²) in [6.07, 6.45) is 2.24. The van der Waals surface area contributed by atoms with E-state index in [9.17, 15) is 0 Å². The molecule has 1 unspecified atom stereocenters. The molecule has 0 fully saturated rings. The van der Waals surface area contributed by atoms with Crippen LogP contribution in [-0.4, -0.2) is 32.9 Å². The molecule has 0 amide bonds. The van der Waals surface area contributed by atoms with Gasteiger partial charge in [0.1, 0.15) is 12.4 Å². The second kappa shape index (κ2) is 9.02. The summed E-state index contributed by atoms with van der Waals surface area (Å²) < 4.78 is 11.0. The van der Waals surface area contributed by atoms with Gasteiger partial charge in [-0.25, -0.2) is 0 Å². The van der Waals surface area contributed by atoms with Crippen LogP contribution in [0.15, 0.2) is 30.3 Å². The van der Waals surface area contributed by atoms with Gasteiger partial charge in [0.05, 0.1) is 6.61 Å². The van der Waals surface area contributed by atoms with Gasteiger partial charge in [-0.3, -0.25) is 0 Å². The lowest BCUT2D eigenvalue weighted by atomic mass is 10.2. The third-order valence-corrected chi connectivity index (χ3v) is 2.66. The van der Waals surface area contributed by atoms with Gasteiger partial charge in [0.25, 0.3) is 0 Å². The second-order valence-corrected chi connectivity index (χ2v) is 4.11. The number of rotatable bonds is 9. The van der Waals surface area contributed by atoms with Crippen LogP contribution in [-0.2, 0) is 4.74 Å². The number of hydrogen-bond donors (Lipinski definition) is 1. The minimum absolute atomic E-state index is 0.569. The quantitative estimate of drug-likeness (QED) is 0.669. The fourth-order valence-corrected chi connectivity index (χ4v) is 1.47. The number of benzene rings is 1. The molecule has 0 radical (unpaired) electrons. The van der Waals surface area contributed by atoms with E-state index >= 15 is 0 Å². The maximum atomic E-state index is 5.52. The van der Waals surface area contributed by atoms with Crippen molar-refractivity contribution in [2.45, 2.75) is 25.8 Å². The topological polar surface area (TPSA) is 30.5 Å². The molecule has 3 nitrogen and oxygen atoms in total. The highest BCUT2D eigenvalue weighted by atomic mass is 16.5. The molecular formula is C14H23NO2. The van der Waals surface area contributed by atoms with Crippen LogP contribution in [0.2, 0.25) is 0 Å². The number of hydrogen-bond acceptors (Lipinski definition) is 3. The first-order valence-corrected chi connectivity index (χ1v) is 6.26. The summed E-state index contributed by atoms with van der Waals surface area (Å²) in [6, 6.07) is 10.4. The summed E-state index contributed by atoms with van der Waals surface area (Å²) in [6.45, 7) is 4.26. The number of ether oxygens (including phenoxy) is 2. The van der Waals surface area contributed by atoms with Crippen molar-refractivity contribution >= 4 is 0 Å². The van der Waals surface area contributed by atoms with Crippen molar-refractivity contribution < 1.29 is 9.47 Å². The molecule has 0 aliphatic rings. The molecule has 1 aromatic rings. The Morgan fingerprint density at radius 2 is 1.88 bits per heavy atom. The van der Waals surface area contributed by atoms with E-state index in [1.165, 1.54) is 0 Å². The first-order valence-electron chi connectivity index (χ1n) is 6.26. The van der Waals surface area contributed by atoms with Crippen LogP contribution in [0.4, 0.5) is 0 Å². The second-order valence-electron chi connectivity index (χ2n) is 4.11. The van der Waals surface area contributed by atoms with Crippen molar-refractivity contribution in [3.63, 3.8) is 0 Å². The van der Waals surface area contributed by atoms with Gasteiger partial charge in [-0.15, -0.1) is 0 Å². The van der Waals surface area contributed by atoms with Crippen molar-refractivity contribution in [3.8, 4) is 5.75 Å². The van der Waals surface area contributed by atoms with Crippen molar-refractivity contribution in [1.82, 2.24) is 5.32 Å². The van der Waals surface area contributed by atoms with Gasteiger partial charge in [-0.2, -0.15) is 0 Å². The third kappa shape index (κ3) is 6.97. The Labute approximate surface area is 104 Å². The first kappa shape index (κ1) is 14.0. The van der Waals surface area contributed by atoms with E-state index in [1.54, 1.807) is 0 Å². The summed E-state index contributed by atoms with van der Waals surface area (Å²) in [5, 5.41) is 3.21. The van der Waals surface area contributed by atoms with Crippen LogP contribution < -0.4 is 10.1 Å². The largest absolute Gasteiger partial charge is 0.491 e. The smallest absolute Gasteiger partial charge is 0.119 e. The van der Waals surface area contributed by atoms with Crippen LogP contribution in [0.25, 0.3) is 0 Å². The molecule has 1 aromatic carbocycles. The summed E-state index contributed by atoms with van der Waals surface area (Å²) >= 11 is 0. The van der Waals surface area contributed by atoms with Gasteiger partial charge in [-0.1, -0.05) is 18.2 Å². The van der Waals surface area contributed by atoms with Crippen LogP contribution in [0, 0.1) is 0 Å². The zero-order valence-electron chi connectivity index (χ0n) is 10.8. The molecule has 0 saturated carbocycles. The minimum Gasteiger partial charge on any atom is -0.491 e. The summed E-state index contributed by atoms with van der Waals surface area (Å²) in [5.74, 6) is 0.903. The van der Waals surface area contributed by atoms with Crippen molar-refractivity contribution in [2.75, 3.05) is 26.9 Å². The minimum atomic E-state index is 0.569. The molecule has 1 N–H and O–H groups in total. The van der Waals surface area contributed by atoms with Gasteiger partial charge >= 0.3 is 0 Å². The first-order chi connectivity index (χ1) is 8.33. The molecular weight excluding hydrogens is 214 g/mol. The Morgan fingerprint density at radius 3 is 2.59 bits per heavy atom. The highest BCUT2D eigenvalue weighted by Crippen LogP contribution is 2.07. The molecule has 0 saturated heterocycles. The van der Waals surface area contributed by atoms with E-state index in [1.807, 2.05) is 37.4 Å². The standard InChI is InChI=1S/C14H23NO2/c1-13(15-2)7-6-10-16-11-12-17-14-8-4-3-5-9-14/h3-5,8-9,13,15H,6-7,10-12H2,1-2H3. The molecule has 0 heterocycles. The van der Waals surface area contributed by atoms with Crippen molar-refractivity contribution in [1.29, 1.82) is 0 Å².